The summed E-state index contributed by atoms with van der Waals surface area (Å²) in [5, 5.41) is 2.93. The Morgan fingerprint density at radius 3 is 2.50 bits per heavy atom. The summed E-state index contributed by atoms with van der Waals surface area (Å²) < 4.78 is 37.3. The molecule has 86 valence electrons. The van der Waals surface area contributed by atoms with E-state index in [1.165, 1.54) is 12.1 Å². The van der Waals surface area contributed by atoms with E-state index in [1.54, 1.807) is 0 Å². The molecule has 16 heavy (non-hydrogen) atoms. The van der Waals surface area contributed by atoms with Crippen LogP contribution in [0.4, 0.5) is 13.2 Å². The molecule has 1 atom stereocenters. The molecule has 1 fully saturated rings. The molecule has 0 spiro atoms. The number of benzene rings is 1. The Hall–Kier alpha value is -1.39. The van der Waals surface area contributed by atoms with Gasteiger partial charge in [-0.25, -0.2) is 0 Å². The first-order chi connectivity index (χ1) is 7.52. The number of nitrogens with zero attached hydrogens (tertiary/aromatic N) is 1. The molecule has 1 aliphatic carbocycles. The van der Waals surface area contributed by atoms with E-state index in [1.807, 2.05) is 0 Å². The molecule has 0 N–H and O–H groups in total. The fourth-order valence-electron chi connectivity index (χ4n) is 1.73. The first-order valence-electron chi connectivity index (χ1n) is 5.02. The lowest BCUT2D eigenvalue weighted by atomic mass is 10.0. The van der Waals surface area contributed by atoms with Gasteiger partial charge in [0.1, 0.15) is 6.04 Å². The quantitative estimate of drug-likeness (QED) is 0.722. The number of hydrogen-bond donors (Lipinski definition) is 0. The van der Waals surface area contributed by atoms with Crippen LogP contribution in [0.1, 0.15) is 30.0 Å². The molecule has 1 aliphatic rings. The van der Waals surface area contributed by atoms with Crippen molar-refractivity contribution in [2.24, 2.45) is 11.1 Å². The topological polar surface area (TPSA) is 29.4 Å². The molecule has 5 heteroatoms. The van der Waals surface area contributed by atoms with Crippen molar-refractivity contribution >= 4 is 0 Å². The van der Waals surface area contributed by atoms with E-state index in [9.17, 15) is 18.1 Å². The van der Waals surface area contributed by atoms with E-state index in [0.29, 0.717) is 5.56 Å². The smallest absolute Gasteiger partial charge is 0.166 e. The van der Waals surface area contributed by atoms with E-state index in [0.717, 1.165) is 25.0 Å². The van der Waals surface area contributed by atoms with Crippen LogP contribution in [0.5, 0.6) is 0 Å². The second-order valence-corrected chi connectivity index (χ2v) is 4.01. The minimum absolute atomic E-state index is 0.126. The summed E-state index contributed by atoms with van der Waals surface area (Å²) in [5.41, 5.74) is -0.355. The number of hydrogen-bond acceptors (Lipinski definition) is 2. The molecule has 1 unspecified atom stereocenters. The van der Waals surface area contributed by atoms with Crippen molar-refractivity contribution in [3.8, 4) is 0 Å². The van der Waals surface area contributed by atoms with Crippen molar-refractivity contribution in [2.45, 2.75) is 25.1 Å². The Bertz CT molecular complexity index is 398. The van der Waals surface area contributed by atoms with E-state index < -0.39 is 17.8 Å². The highest BCUT2D eigenvalue weighted by atomic mass is 19.4. The minimum Gasteiger partial charge on any atom is -0.166 e. The van der Waals surface area contributed by atoms with Crippen LogP contribution in [0.15, 0.2) is 29.4 Å². The number of halogens is 3. The molecule has 1 saturated carbocycles. The van der Waals surface area contributed by atoms with Gasteiger partial charge in [-0.05, 0) is 36.5 Å². The van der Waals surface area contributed by atoms with Crippen LogP contribution in [0.25, 0.3) is 0 Å². The van der Waals surface area contributed by atoms with Crippen LogP contribution in [0, 0.1) is 10.8 Å². The van der Waals surface area contributed by atoms with Crippen molar-refractivity contribution < 1.29 is 13.2 Å². The van der Waals surface area contributed by atoms with Gasteiger partial charge in [-0.1, -0.05) is 17.3 Å². The standard InChI is InChI=1S/C11H10F3NO/c12-11(13,14)9-3-1-2-8(6-9)10(15-16)7-4-5-7/h1-3,6-7,10H,4-5H2. The van der Waals surface area contributed by atoms with Gasteiger partial charge in [-0.3, -0.25) is 0 Å². The van der Waals surface area contributed by atoms with Crippen molar-refractivity contribution in [3.05, 3.63) is 40.3 Å². The van der Waals surface area contributed by atoms with Gasteiger partial charge >= 0.3 is 6.18 Å². The van der Waals surface area contributed by atoms with Crippen LogP contribution in [0.2, 0.25) is 0 Å². The second-order valence-electron chi connectivity index (χ2n) is 4.01. The normalized spacial score (nSPS) is 18.2. The minimum atomic E-state index is -4.37. The number of rotatable bonds is 3. The summed E-state index contributed by atoms with van der Waals surface area (Å²) in [7, 11) is 0. The van der Waals surface area contributed by atoms with E-state index in [4.69, 9.17) is 0 Å². The van der Waals surface area contributed by atoms with Crippen LogP contribution < -0.4 is 0 Å². The highest BCUT2D eigenvalue weighted by molar-refractivity contribution is 5.29. The third kappa shape index (κ3) is 2.23. The molecular weight excluding hydrogens is 219 g/mol. The lowest BCUT2D eigenvalue weighted by Gasteiger charge is -2.11. The summed E-state index contributed by atoms with van der Waals surface area (Å²) in [5.74, 6) is 0.126. The van der Waals surface area contributed by atoms with Crippen LogP contribution >= 0.6 is 0 Å². The molecule has 0 saturated heterocycles. The van der Waals surface area contributed by atoms with Crippen LogP contribution in [0.3, 0.4) is 0 Å². The second kappa shape index (κ2) is 3.88. The monoisotopic (exact) mass is 229 g/mol. The van der Waals surface area contributed by atoms with Crippen molar-refractivity contribution in [1.29, 1.82) is 0 Å². The number of nitroso groups, excluding NO2 is 1. The number of alkyl halides is 3. The average Bonchev–Trinajstić information content (AvgIpc) is 3.02. The molecule has 0 amide bonds. The van der Waals surface area contributed by atoms with Crippen molar-refractivity contribution in [3.63, 3.8) is 0 Å². The Morgan fingerprint density at radius 1 is 1.31 bits per heavy atom. The first-order valence-corrected chi connectivity index (χ1v) is 5.02. The molecule has 0 bridgehead atoms. The molecule has 1 aromatic rings. The van der Waals surface area contributed by atoms with Gasteiger partial charge in [0.05, 0.1) is 5.56 Å². The van der Waals surface area contributed by atoms with Gasteiger partial charge in [-0.15, -0.1) is 0 Å². The highest BCUT2D eigenvalue weighted by Gasteiger charge is 2.35. The van der Waals surface area contributed by atoms with Crippen molar-refractivity contribution in [1.82, 2.24) is 0 Å². The molecule has 0 radical (unpaired) electrons. The SMILES string of the molecule is O=NC(c1cccc(C(F)(F)F)c1)C1CC1. The van der Waals surface area contributed by atoms with Gasteiger partial charge < -0.3 is 0 Å². The summed E-state index contributed by atoms with van der Waals surface area (Å²) in [6.07, 6.45) is -2.63. The van der Waals surface area contributed by atoms with Gasteiger partial charge in [0.15, 0.2) is 0 Å². The molecule has 1 aromatic carbocycles. The lowest BCUT2D eigenvalue weighted by molar-refractivity contribution is -0.137. The average molecular weight is 229 g/mol. The van der Waals surface area contributed by atoms with Gasteiger partial charge in [-0.2, -0.15) is 18.1 Å². The summed E-state index contributed by atoms with van der Waals surface area (Å²) in [4.78, 5) is 10.6. The fourth-order valence-corrected chi connectivity index (χ4v) is 1.73. The van der Waals surface area contributed by atoms with Gasteiger partial charge in [0.25, 0.3) is 0 Å². The van der Waals surface area contributed by atoms with E-state index in [2.05, 4.69) is 5.18 Å². The molecule has 2 nitrogen and oxygen atoms in total. The predicted molar refractivity (Wildman–Crippen MR) is 52.7 cm³/mol. The maximum Gasteiger partial charge on any atom is 0.416 e. The Labute approximate surface area is 90.4 Å². The first kappa shape index (κ1) is 11.1. The zero-order chi connectivity index (χ0) is 11.8. The van der Waals surface area contributed by atoms with Crippen LogP contribution in [-0.2, 0) is 6.18 Å². The highest BCUT2D eigenvalue weighted by Crippen LogP contribution is 2.44. The molecular formula is C11H10F3NO. The summed E-state index contributed by atoms with van der Waals surface area (Å²) >= 11 is 0. The Morgan fingerprint density at radius 2 is 2.00 bits per heavy atom. The lowest BCUT2D eigenvalue weighted by Crippen LogP contribution is -2.06. The maximum absolute atomic E-state index is 12.4. The zero-order valence-corrected chi connectivity index (χ0v) is 8.37. The molecule has 0 aliphatic heterocycles. The molecule has 0 heterocycles. The van der Waals surface area contributed by atoms with E-state index >= 15 is 0 Å². The van der Waals surface area contributed by atoms with Crippen LogP contribution in [-0.4, -0.2) is 0 Å². The maximum atomic E-state index is 12.4. The van der Waals surface area contributed by atoms with Gasteiger partial charge in [0, 0.05) is 0 Å². The summed E-state index contributed by atoms with van der Waals surface area (Å²) in [6.45, 7) is 0. The van der Waals surface area contributed by atoms with Gasteiger partial charge in [0.2, 0.25) is 0 Å². The zero-order valence-electron chi connectivity index (χ0n) is 8.37. The largest absolute Gasteiger partial charge is 0.416 e. The Balaban J connectivity index is 2.30. The molecule has 2 rings (SSSR count). The van der Waals surface area contributed by atoms with Crippen molar-refractivity contribution in [2.75, 3.05) is 0 Å². The summed E-state index contributed by atoms with van der Waals surface area (Å²) in [6, 6.07) is 4.24. The fraction of sp³-hybridized carbons (Fsp3) is 0.455. The molecule has 0 aromatic heterocycles. The predicted octanol–water partition coefficient (Wildman–Crippen LogP) is 3.92. The van der Waals surface area contributed by atoms with E-state index in [-0.39, 0.29) is 5.92 Å². The third-order valence-electron chi connectivity index (χ3n) is 2.74. The Kier molecular flexibility index (Phi) is 2.69. The third-order valence-corrected chi connectivity index (χ3v) is 2.74.